The Morgan fingerprint density at radius 1 is 1.28 bits per heavy atom. The van der Waals surface area contributed by atoms with E-state index in [0.29, 0.717) is 18.7 Å². The maximum absolute atomic E-state index is 9.93. The van der Waals surface area contributed by atoms with E-state index in [9.17, 15) is 15.3 Å². The number of benzene rings is 1. The van der Waals surface area contributed by atoms with Crippen molar-refractivity contribution in [1.82, 2.24) is 5.32 Å². The number of hydrogen-bond acceptors (Lipinski definition) is 5. The Hall–Kier alpha value is -1.30. The molecule has 0 aromatic heterocycles. The number of phenols is 2. The molecule has 102 valence electrons. The number of hydrogen-bond donors (Lipinski definition) is 5. The first-order valence-electron chi connectivity index (χ1n) is 6.18. The molecular formula is C13H22N2O3. The molecule has 5 heteroatoms. The lowest BCUT2D eigenvalue weighted by Gasteiger charge is -2.17. The summed E-state index contributed by atoms with van der Waals surface area (Å²) in [7, 11) is 0. The van der Waals surface area contributed by atoms with Crippen LogP contribution < -0.4 is 11.1 Å². The lowest BCUT2D eigenvalue weighted by Crippen LogP contribution is -2.30. The van der Waals surface area contributed by atoms with Crippen LogP contribution in [0.15, 0.2) is 18.2 Å². The van der Waals surface area contributed by atoms with Gasteiger partial charge in [0, 0.05) is 12.6 Å². The molecule has 2 unspecified atom stereocenters. The third-order valence-electron chi connectivity index (χ3n) is 2.89. The quantitative estimate of drug-likeness (QED) is 0.465. The number of aliphatic hydroxyl groups excluding tert-OH is 1. The molecule has 0 bridgehead atoms. The summed E-state index contributed by atoms with van der Waals surface area (Å²) in [4.78, 5) is 0. The fourth-order valence-corrected chi connectivity index (χ4v) is 1.70. The third kappa shape index (κ3) is 4.52. The van der Waals surface area contributed by atoms with E-state index in [1.54, 1.807) is 6.07 Å². The summed E-state index contributed by atoms with van der Waals surface area (Å²) in [5.41, 5.74) is 6.00. The summed E-state index contributed by atoms with van der Waals surface area (Å²) in [6, 6.07) is 4.61. The van der Waals surface area contributed by atoms with E-state index >= 15 is 0 Å². The van der Waals surface area contributed by atoms with Crippen LogP contribution in [0.3, 0.4) is 0 Å². The van der Waals surface area contributed by atoms with Gasteiger partial charge in [0.25, 0.3) is 0 Å². The minimum atomic E-state index is -0.711. The van der Waals surface area contributed by atoms with Gasteiger partial charge in [0.15, 0.2) is 11.5 Å². The smallest absolute Gasteiger partial charge is 0.157 e. The maximum atomic E-state index is 9.93. The van der Waals surface area contributed by atoms with Crippen molar-refractivity contribution in [3.8, 4) is 11.5 Å². The predicted molar refractivity (Wildman–Crippen MR) is 70.5 cm³/mol. The van der Waals surface area contributed by atoms with Crippen molar-refractivity contribution in [2.24, 2.45) is 5.73 Å². The molecule has 0 aliphatic rings. The zero-order valence-corrected chi connectivity index (χ0v) is 10.6. The Bertz CT molecular complexity index is 371. The highest BCUT2D eigenvalue weighted by Gasteiger charge is 2.11. The normalized spacial score (nSPS) is 14.4. The number of nitrogens with one attached hydrogen (secondary N) is 1. The maximum Gasteiger partial charge on any atom is 0.157 e. The summed E-state index contributed by atoms with van der Waals surface area (Å²) >= 11 is 0. The van der Waals surface area contributed by atoms with Crippen molar-refractivity contribution in [3.05, 3.63) is 23.8 Å². The van der Waals surface area contributed by atoms with Crippen LogP contribution >= 0.6 is 0 Å². The van der Waals surface area contributed by atoms with Gasteiger partial charge in [-0.2, -0.15) is 0 Å². The molecule has 0 radical (unpaired) electrons. The number of aliphatic hydroxyl groups is 1. The lowest BCUT2D eigenvalue weighted by atomic mass is 10.1. The Morgan fingerprint density at radius 2 is 2.00 bits per heavy atom. The Kier molecular flexibility index (Phi) is 5.91. The van der Waals surface area contributed by atoms with Crippen LogP contribution in [0, 0.1) is 0 Å². The minimum Gasteiger partial charge on any atom is -0.504 e. The van der Waals surface area contributed by atoms with Crippen LogP contribution in [0.25, 0.3) is 0 Å². The Labute approximate surface area is 107 Å². The van der Waals surface area contributed by atoms with E-state index in [1.807, 2.05) is 6.92 Å². The second kappa shape index (κ2) is 7.20. The predicted octanol–water partition coefficient (Wildman–Crippen LogP) is 0.848. The van der Waals surface area contributed by atoms with E-state index in [1.165, 1.54) is 12.1 Å². The first kappa shape index (κ1) is 14.8. The first-order chi connectivity index (χ1) is 8.54. The SMILES string of the molecule is CC(CCCN)NCC(O)c1ccc(O)c(O)c1. The van der Waals surface area contributed by atoms with Crippen molar-refractivity contribution in [3.63, 3.8) is 0 Å². The highest BCUT2D eigenvalue weighted by Crippen LogP contribution is 2.27. The lowest BCUT2D eigenvalue weighted by molar-refractivity contribution is 0.169. The second-order valence-corrected chi connectivity index (χ2v) is 4.50. The van der Waals surface area contributed by atoms with Crippen LogP contribution in [-0.4, -0.2) is 34.5 Å². The molecule has 18 heavy (non-hydrogen) atoms. The first-order valence-corrected chi connectivity index (χ1v) is 6.18. The third-order valence-corrected chi connectivity index (χ3v) is 2.89. The Balaban J connectivity index is 2.44. The van der Waals surface area contributed by atoms with Gasteiger partial charge in [0.1, 0.15) is 0 Å². The van der Waals surface area contributed by atoms with Crippen molar-refractivity contribution < 1.29 is 15.3 Å². The van der Waals surface area contributed by atoms with Crippen LogP contribution in [0.5, 0.6) is 11.5 Å². The summed E-state index contributed by atoms with van der Waals surface area (Å²) in [6.45, 7) is 3.10. The molecule has 0 heterocycles. The topological polar surface area (TPSA) is 98.7 Å². The fourth-order valence-electron chi connectivity index (χ4n) is 1.70. The molecule has 0 saturated heterocycles. The van der Waals surface area contributed by atoms with Gasteiger partial charge in [-0.05, 0) is 44.0 Å². The molecule has 0 aliphatic carbocycles. The molecule has 0 spiro atoms. The van der Waals surface area contributed by atoms with Gasteiger partial charge >= 0.3 is 0 Å². The number of nitrogens with two attached hydrogens (primary N) is 1. The summed E-state index contributed by atoms with van der Waals surface area (Å²) in [6.07, 6.45) is 1.20. The molecule has 1 rings (SSSR count). The van der Waals surface area contributed by atoms with E-state index in [0.717, 1.165) is 12.8 Å². The van der Waals surface area contributed by atoms with Crippen molar-refractivity contribution >= 4 is 0 Å². The van der Waals surface area contributed by atoms with Crippen molar-refractivity contribution in [1.29, 1.82) is 0 Å². The van der Waals surface area contributed by atoms with E-state index in [-0.39, 0.29) is 17.5 Å². The number of aromatic hydroxyl groups is 2. The molecule has 0 aliphatic heterocycles. The highest BCUT2D eigenvalue weighted by atomic mass is 16.3. The van der Waals surface area contributed by atoms with Crippen LogP contribution in [0.2, 0.25) is 0 Å². The average molecular weight is 254 g/mol. The van der Waals surface area contributed by atoms with Crippen LogP contribution in [0.4, 0.5) is 0 Å². The van der Waals surface area contributed by atoms with Crippen molar-refractivity contribution in [2.75, 3.05) is 13.1 Å². The molecule has 1 aromatic rings. The van der Waals surface area contributed by atoms with Gasteiger partial charge in [-0.15, -0.1) is 0 Å². The number of rotatable bonds is 7. The molecule has 2 atom stereocenters. The average Bonchev–Trinajstić information content (AvgIpc) is 2.36. The Morgan fingerprint density at radius 3 is 2.61 bits per heavy atom. The van der Waals surface area contributed by atoms with Gasteiger partial charge in [-0.3, -0.25) is 0 Å². The largest absolute Gasteiger partial charge is 0.504 e. The summed E-state index contributed by atoms with van der Waals surface area (Å²) in [5.74, 6) is -0.405. The van der Waals surface area contributed by atoms with Gasteiger partial charge in [-0.1, -0.05) is 6.07 Å². The van der Waals surface area contributed by atoms with E-state index < -0.39 is 6.10 Å². The molecular weight excluding hydrogens is 232 g/mol. The molecule has 0 amide bonds. The summed E-state index contributed by atoms with van der Waals surface area (Å²) in [5, 5.41) is 31.7. The van der Waals surface area contributed by atoms with Crippen LogP contribution in [-0.2, 0) is 0 Å². The molecule has 5 nitrogen and oxygen atoms in total. The van der Waals surface area contributed by atoms with Crippen LogP contribution in [0.1, 0.15) is 31.4 Å². The van der Waals surface area contributed by atoms with Crippen molar-refractivity contribution in [2.45, 2.75) is 31.9 Å². The van der Waals surface area contributed by atoms with Gasteiger partial charge in [0.05, 0.1) is 6.10 Å². The number of phenolic OH excluding ortho intramolecular Hbond substituents is 2. The molecule has 0 saturated carbocycles. The zero-order chi connectivity index (χ0) is 13.5. The minimum absolute atomic E-state index is 0.185. The molecule has 0 fully saturated rings. The summed E-state index contributed by atoms with van der Waals surface area (Å²) < 4.78 is 0. The van der Waals surface area contributed by atoms with Gasteiger partial charge < -0.3 is 26.4 Å². The van der Waals surface area contributed by atoms with E-state index in [4.69, 9.17) is 5.73 Å². The zero-order valence-electron chi connectivity index (χ0n) is 10.6. The van der Waals surface area contributed by atoms with Gasteiger partial charge in [-0.25, -0.2) is 0 Å². The second-order valence-electron chi connectivity index (χ2n) is 4.50. The fraction of sp³-hybridized carbons (Fsp3) is 0.538. The molecule has 6 N–H and O–H groups in total. The van der Waals surface area contributed by atoms with E-state index in [2.05, 4.69) is 5.32 Å². The monoisotopic (exact) mass is 254 g/mol. The molecule has 1 aromatic carbocycles. The standard InChI is InChI=1S/C13H22N2O3/c1-9(3-2-6-14)15-8-13(18)10-4-5-11(16)12(17)7-10/h4-5,7,9,13,15-18H,2-3,6,8,14H2,1H3. The van der Waals surface area contributed by atoms with Gasteiger partial charge in [0.2, 0.25) is 0 Å². The highest BCUT2D eigenvalue weighted by molar-refractivity contribution is 5.41.